The number of hydrogen-bond acceptors (Lipinski definition) is 5. The van der Waals surface area contributed by atoms with E-state index in [1.807, 2.05) is 35.2 Å². The maximum Gasteiger partial charge on any atom is 0.261 e. The fourth-order valence-corrected chi connectivity index (χ4v) is 4.48. The van der Waals surface area contributed by atoms with Gasteiger partial charge in [0.15, 0.2) is 5.54 Å². The number of imide groups is 1. The summed E-state index contributed by atoms with van der Waals surface area (Å²) in [5.74, 6) is -0.967. The second kappa shape index (κ2) is 7.17. The van der Waals surface area contributed by atoms with Gasteiger partial charge in [-0.15, -0.1) is 0 Å². The molecule has 0 bridgehead atoms. The number of nitrogens with zero attached hydrogens (tertiary/aromatic N) is 2. The maximum atomic E-state index is 12.7. The largest absolute Gasteiger partial charge is 0.349 e. The number of benzene rings is 2. The average Bonchev–Trinajstić information content (AvgIpc) is 3.02. The van der Waals surface area contributed by atoms with Crippen molar-refractivity contribution in [3.63, 3.8) is 0 Å². The van der Waals surface area contributed by atoms with Gasteiger partial charge >= 0.3 is 0 Å². The molecule has 146 valence electrons. The molecule has 6 heteroatoms. The van der Waals surface area contributed by atoms with Crippen molar-refractivity contribution in [2.24, 2.45) is 0 Å². The summed E-state index contributed by atoms with van der Waals surface area (Å²) in [6.45, 7) is 2.05. The number of fused-ring (bicyclic) bond motifs is 1. The minimum atomic E-state index is -0.966. The van der Waals surface area contributed by atoms with Crippen LogP contribution in [0.25, 0.3) is 0 Å². The van der Waals surface area contributed by atoms with Gasteiger partial charge in [0.25, 0.3) is 11.8 Å². The van der Waals surface area contributed by atoms with E-state index in [0.29, 0.717) is 29.8 Å². The molecule has 6 nitrogen and oxygen atoms in total. The second-order valence-electron chi connectivity index (χ2n) is 7.60. The lowest BCUT2D eigenvalue weighted by Crippen LogP contribution is -2.50. The standard InChI is InChI=1S/C23H21N3O3/c1-15(27)13-16-9-10-18-19(22(29)25-21(18)28)20(16)26-12-6-5-11-23(26,14-24)17-7-3-2-4-8-17/h2-4,7-10H,5-6,11-13H2,1H3,(H,25,28,29). The van der Waals surface area contributed by atoms with Crippen molar-refractivity contribution in [3.05, 3.63) is 64.7 Å². The quantitative estimate of drug-likeness (QED) is 0.814. The van der Waals surface area contributed by atoms with E-state index in [1.54, 1.807) is 12.1 Å². The molecule has 1 N–H and O–H groups in total. The fourth-order valence-electron chi connectivity index (χ4n) is 4.48. The highest BCUT2D eigenvalue weighted by Gasteiger charge is 2.45. The number of ketones is 1. The number of Topliss-reactive ketones (excluding diaryl/α,β-unsaturated/α-hetero) is 1. The third-order valence-electron chi connectivity index (χ3n) is 5.74. The van der Waals surface area contributed by atoms with E-state index in [1.165, 1.54) is 6.92 Å². The van der Waals surface area contributed by atoms with Crippen LogP contribution in [0, 0.1) is 11.3 Å². The minimum Gasteiger partial charge on any atom is -0.349 e. The van der Waals surface area contributed by atoms with E-state index >= 15 is 0 Å². The smallest absolute Gasteiger partial charge is 0.261 e. The summed E-state index contributed by atoms with van der Waals surface area (Å²) < 4.78 is 0. The molecular weight excluding hydrogens is 366 g/mol. The van der Waals surface area contributed by atoms with Crippen LogP contribution in [-0.2, 0) is 16.8 Å². The van der Waals surface area contributed by atoms with Gasteiger partial charge < -0.3 is 4.90 Å². The Hall–Kier alpha value is -3.46. The molecule has 2 amide bonds. The van der Waals surface area contributed by atoms with E-state index in [4.69, 9.17) is 0 Å². The molecule has 4 rings (SSSR count). The molecule has 0 aliphatic carbocycles. The summed E-state index contributed by atoms with van der Waals surface area (Å²) in [6, 6.07) is 15.3. The third-order valence-corrected chi connectivity index (χ3v) is 5.74. The zero-order valence-corrected chi connectivity index (χ0v) is 16.2. The number of piperidine rings is 1. The van der Waals surface area contributed by atoms with Gasteiger partial charge in [0.1, 0.15) is 5.78 Å². The molecule has 2 aliphatic heterocycles. The molecule has 2 heterocycles. The van der Waals surface area contributed by atoms with E-state index in [9.17, 15) is 19.6 Å². The first-order chi connectivity index (χ1) is 14.0. The van der Waals surface area contributed by atoms with Crippen molar-refractivity contribution in [1.29, 1.82) is 5.26 Å². The number of rotatable bonds is 4. The number of carbonyl (C=O) groups is 3. The summed E-state index contributed by atoms with van der Waals surface area (Å²) >= 11 is 0. The zero-order chi connectivity index (χ0) is 20.6. The van der Waals surface area contributed by atoms with Crippen LogP contribution in [0.5, 0.6) is 0 Å². The Bertz CT molecular complexity index is 1060. The van der Waals surface area contributed by atoms with Crippen molar-refractivity contribution in [2.45, 2.75) is 38.1 Å². The monoisotopic (exact) mass is 387 g/mol. The topological polar surface area (TPSA) is 90.3 Å². The van der Waals surface area contributed by atoms with Crippen LogP contribution in [-0.4, -0.2) is 24.1 Å². The number of nitriles is 1. The molecule has 2 aromatic rings. The molecule has 1 fully saturated rings. The Morgan fingerprint density at radius 3 is 2.59 bits per heavy atom. The molecule has 0 saturated carbocycles. The van der Waals surface area contributed by atoms with Crippen LogP contribution in [0.2, 0.25) is 0 Å². The first-order valence-electron chi connectivity index (χ1n) is 9.73. The first-order valence-corrected chi connectivity index (χ1v) is 9.73. The molecule has 29 heavy (non-hydrogen) atoms. The number of anilines is 1. The second-order valence-corrected chi connectivity index (χ2v) is 7.60. The Morgan fingerprint density at radius 2 is 1.90 bits per heavy atom. The lowest BCUT2D eigenvalue weighted by atomic mass is 9.80. The van der Waals surface area contributed by atoms with Crippen molar-refractivity contribution < 1.29 is 14.4 Å². The van der Waals surface area contributed by atoms with Crippen LogP contribution >= 0.6 is 0 Å². The van der Waals surface area contributed by atoms with Crippen molar-refractivity contribution in [1.82, 2.24) is 5.32 Å². The molecular formula is C23H21N3O3. The zero-order valence-electron chi connectivity index (χ0n) is 16.2. The van der Waals surface area contributed by atoms with E-state index in [2.05, 4.69) is 11.4 Å². The Labute approximate surface area is 169 Å². The van der Waals surface area contributed by atoms with Gasteiger partial charge in [0.05, 0.1) is 22.9 Å². The van der Waals surface area contributed by atoms with E-state index in [0.717, 1.165) is 18.4 Å². The Kier molecular flexibility index (Phi) is 4.67. The number of amides is 2. The molecule has 1 atom stereocenters. The highest BCUT2D eigenvalue weighted by atomic mass is 16.2. The highest BCUT2D eigenvalue weighted by molar-refractivity contribution is 6.24. The third kappa shape index (κ3) is 2.99. The molecule has 1 unspecified atom stereocenters. The SMILES string of the molecule is CC(=O)Cc1ccc2c(c1N1CCCCC1(C#N)c1ccccc1)C(=O)NC2=O. The van der Waals surface area contributed by atoms with Gasteiger partial charge in [-0.25, -0.2) is 0 Å². The normalized spacial score (nSPS) is 20.8. The average molecular weight is 387 g/mol. The number of hydrogen-bond donors (Lipinski definition) is 1. The van der Waals surface area contributed by atoms with Crippen LogP contribution in [0.3, 0.4) is 0 Å². The summed E-state index contributed by atoms with van der Waals surface area (Å²) in [5.41, 5.74) is 1.64. The van der Waals surface area contributed by atoms with Gasteiger partial charge in [-0.2, -0.15) is 5.26 Å². The minimum absolute atomic E-state index is 0.0461. The Balaban J connectivity index is 1.99. The Morgan fingerprint density at radius 1 is 1.14 bits per heavy atom. The molecule has 0 spiro atoms. The molecule has 1 saturated heterocycles. The number of carbonyl (C=O) groups excluding carboxylic acids is 3. The van der Waals surface area contributed by atoms with Crippen LogP contribution in [0.1, 0.15) is 58.0 Å². The van der Waals surface area contributed by atoms with E-state index < -0.39 is 17.4 Å². The molecule has 2 aromatic carbocycles. The first kappa shape index (κ1) is 18.9. The summed E-state index contributed by atoms with van der Waals surface area (Å²) in [6.07, 6.45) is 2.47. The lowest BCUT2D eigenvalue weighted by Gasteiger charge is -2.45. The molecule has 0 radical (unpaired) electrons. The predicted octanol–water partition coefficient (Wildman–Crippen LogP) is 3.11. The summed E-state index contributed by atoms with van der Waals surface area (Å²) in [4.78, 5) is 38.8. The maximum absolute atomic E-state index is 12.7. The van der Waals surface area contributed by atoms with Crippen molar-refractivity contribution in [3.8, 4) is 6.07 Å². The van der Waals surface area contributed by atoms with Gasteiger partial charge in [0, 0.05) is 13.0 Å². The molecule has 2 aliphatic rings. The van der Waals surface area contributed by atoms with Gasteiger partial charge in [-0.1, -0.05) is 36.4 Å². The summed E-state index contributed by atoms with van der Waals surface area (Å²) in [7, 11) is 0. The van der Waals surface area contributed by atoms with Crippen LogP contribution in [0.15, 0.2) is 42.5 Å². The van der Waals surface area contributed by atoms with Gasteiger partial charge in [0.2, 0.25) is 0 Å². The highest BCUT2D eigenvalue weighted by Crippen LogP contribution is 2.44. The van der Waals surface area contributed by atoms with Crippen molar-refractivity contribution in [2.75, 3.05) is 11.4 Å². The molecule has 0 aromatic heterocycles. The lowest BCUT2D eigenvalue weighted by molar-refractivity contribution is -0.116. The summed E-state index contributed by atoms with van der Waals surface area (Å²) in [5, 5.41) is 12.7. The van der Waals surface area contributed by atoms with Crippen molar-refractivity contribution >= 4 is 23.3 Å². The fraction of sp³-hybridized carbons (Fsp3) is 0.304. The van der Waals surface area contributed by atoms with Gasteiger partial charge in [-0.3, -0.25) is 19.7 Å². The predicted molar refractivity (Wildman–Crippen MR) is 108 cm³/mol. The van der Waals surface area contributed by atoms with Crippen LogP contribution < -0.4 is 10.2 Å². The van der Waals surface area contributed by atoms with Gasteiger partial charge in [-0.05, 0) is 43.4 Å². The van der Waals surface area contributed by atoms with Crippen LogP contribution in [0.4, 0.5) is 5.69 Å². The number of nitrogens with one attached hydrogen (secondary N) is 1. The van der Waals surface area contributed by atoms with E-state index in [-0.39, 0.29) is 17.8 Å².